The molecule has 9 heteroatoms. The van der Waals surface area contributed by atoms with Gasteiger partial charge in [-0.25, -0.2) is 14.2 Å². The standard InChI is InChI=1S/C17H17FN4O3S/c1-9-16(24-17(23)19-3)26-14(21-9)7-5-12-10(2)25-22-15(12)13-6-4-11(18)8-20-13/h4,6,8H,5,7H2,1-3H3,(H,19,23). The zero-order chi connectivity index (χ0) is 18.7. The van der Waals surface area contributed by atoms with E-state index < -0.39 is 11.9 Å². The van der Waals surface area contributed by atoms with E-state index in [0.29, 0.717) is 40.7 Å². The molecule has 0 spiro atoms. The maximum Gasteiger partial charge on any atom is 0.413 e. The molecule has 3 aromatic rings. The first-order valence-corrected chi connectivity index (χ1v) is 8.72. The van der Waals surface area contributed by atoms with E-state index in [2.05, 4.69) is 20.4 Å². The lowest BCUT2D eigenvalue weighted by molar-refractivity contribution is 0.204. The molecule has 1 N–H and O–H groups in total. The number of carbonyl (C=O) groups excluding carboxylic acids is 1. The van der Waals surface area contributed by atoms with E-state index in [1.165, 1.54) is 24.5 Å². The number of ether oxygens (including phenoxy) is 1. The smallest absolute Gasteiger partial charge is 0.397 e. The predicted octanol–water partition coefficient (Wildman–Crippen LogP) is 3.45. The third kappa shape index (κ3) is 3.88. The summed E-state index contributed by atoms with van der Waals surface area (Å²) >= 11 is 1.32. The normalized spacial score (nSPS) is 10.8. The number of hydrogen-bond acceptors (Lipinski definition) is 7. The fourth-order valence-corrected chi connectivity index (χ4v) is 3.32. The topological polar surface area (TPSA) is 90.1 Å². The van der Waals surface area contributed by atoms with Crippen LogP contribution in [0, 0.1) is 19.7 Å². The van der Waals surface area contributed by atoms with Crippen molar-refractivity contribution >= 4 is 17.4 Å². The van der Waals surface area contributed by atoms with Gasteiger partial charge in [-0.05, 0) is 32.4 Å². The maximum absolute atomic E-state index is 13.1. The molecule has 0 saturated heterocycles. The Labute approximate surface area is 153 Å². The predicted molar refractivity (Wildman–Crippen MR) is 93.8 cm³/mol. The van der Waals surface area contributed by atoms with Gasteiger partial charge in [0.25, 0.3) is 0 Å². The Morgan fingerprint density at radius 3 is 2.85 bits per heavy atom. The van der Waals surface area contributed by atoms with E-state index >= 15 is 0 Å². The van der Waals surface area contributed by atoms with Crippen LogP contribution in [0.2, 0.25) is 0 Å². The zero-order valence-corrected chi connectivity index (χ0v) is 15.3. The molecule has 3 rings (SSSR count). The van der Waals surface area contributed by atoms with Crippen molar-refractivity contribution in [2.24, 2.45) is 0 Å². The molecule has 0 bridgehead atoms. The molecule has 0 radical (unpaired) electrons. The number of halogens is 1. The molecule has 1 amide bonds. The Morgan fingerprint density at radius 1 is 1.35 bits per heavy atom. The van der Waals surface area contributed by atoms with E-state index in [1.807, 2.05) is 6.92 Å². The molecule has 3 heterocycles. The molecule has 0 fully saturated rings. The highest BCUT2D eigenvalue weighted by molar-refractivity contribution is 7.13. The van der Waals surface area contributed by atoms with Gasteiger partial charge in [0.05, 0.1) is 22.6 Å². The molecule has 0 aliphatic heterocycles. The molecule has 26 heavy (non-hydrogen) atoms. The molecule has 0 unspecified atom stereocenters. The molecule has 0 saturated carbocycles. The molecule has 3 aromatic heterocycles. The molecular formula is C17H17FN4O3S. The fourth-order valence-electron chi connectivity index (χ4n) is 2.41. The quantitative estimate of drug-likeness (QED) is 0.733. The third-order valence-electron chi connectivity index (χ3n) is 3.73. The van der Waals surface area contributed by atoms with Crippen LogP contribution in [-0.2, 0) is 12.8 Å². The molecule has 7 nitrogen and oxygen atoms in total. The van der Waals surface area contributed by atoms with E-state index in [1.54, 1.807) is 13.0 Å². The van der Waals surface area contributed by atoms with Gasteiger partial charge in [0.2, 0.25) is 5.06 Å². The van der Waals surface area contributed by atoms with Gasteiger partial charge in [-0.2, -0.15) is 0 Å². The lowest BCUT2D eigenvalue weighted by Crippen LogP contribution is -2.21. The Balaban J connectivity index is 1.76. The van der Waals surface area contributed by atoms with Gasteiger partial charge in [0, 0.05) is 19.0 Å². The Bertz CT molecular complexity index is 921. The highest BCUT2D eigenvalue weighted by atomic mass is 32.1. The van der Waals surface area contributed by atoms with Gasteiger partial charge in [0.15, 0.2) is 0 Å². The molecule has 136 valence electrons. The summed E-state index contributed by atoms with van der Waals surface area (Å²) in [6.07, 6.45) is 1.87. The number of aromatic nitrogens is 3. The van der Waals surface area contributed by atoms with E-state index in [-0.39, 0.29) is 0 Å². The van der Waals surface area contributed by atoms with Gasteiger partial charge in [-0.3, -0.25) is 4.98 Å². The first-order chi connectivity index (χ1) is 12.5. The number of amides is 1. The monoisotopic (exact) mass is 376 g/mol. The summed E-state index contributed by atoms with van der Waals surface area (Å²) in [6, 6.07) is 2.90. The lowest BCUT2D eigenvalue weighted by atomic mass is 10.1. The number of nitrogens with zero attached hydrogens (tertiary/aromatic N) is 3. The van der Waals surface area contributed by atoms with Gasteiger partial charge < -0.3 is 14.6 Å². The third-order valence-corrected chi connectivity index (χ3v) is 4.83. The van der Waals surface area contributed by atoms with Crippen molar-refractivity contribution in [1.29, 1.82) is 0 Å². The second-order valence-corrected chi connectivity index (χ2v) is 6.59. The summed E-state index contributed by atoms with van der Waals surface area (Å²) in [5.74, 6) is 0.277. The minimum atomic E-state index is -0.525. The molecule has 0 atom stereocenters. The molecule has 0 aliphatic carbocycles. The van der Waals surface area contributed by atoms with Crippen LogP contribution in [0.4, 0.5) is 9.18 Å². The van der Waals surface area contributed by atoms with Crippen LogP contribution in [0.5, 0.6) is 5.06 Å². The van der Waals surface area contributed by atoms with Crippen LogP contribution < -0.4 is 10.1 Å². The second kappa shape index (κ2) is 7.61. The van der Waals surface area contributed by atoms with Crippen molar-refractivity contribution in [3.8, 4) is 16.5 Å². The summed E-state index contributed by atoms with van der Waals surface area (Å²) < 4.78 is 23.5. The number of carbonyl (C=O) groups is 1. The van der Waals surface area contributed by atoms with Crippen molar-refractivity contribution < 1.29 is 18.4 Å². The van der Waals surface area contributed by atoms with Crippen molar-refractivity contribution in [3.63, 3.8) is 0 Å². The average molecular weight is 376 g/mol. The van der Waals surface area contributed by atoms with E-state index in [0.717, 1.165) is 16.8 Å². The van der Waals surface area contributed by atoms with Crippen molar-refractivity contribution in [3.05, 3.63) is 46.2 Å². The minimum Gasteiger partial charge on any atom is -0.397 e. The lowest BCUT2D eigenvalue weighted by Gasteiger charge is -2.01. The van der Waals surface area contributed by atoms with Crippen LogP contribution >= 0.6 is 11.3 Å². The van der Waals surface area contributed by atoms with E-state index in [4.69, 9.17) is 9.26 Å². The molecule has 0 aromatic carbocycles. The van der Waals surface area contributed by atoms with Crippen LogP contribution in [0.25, 0.3) is 11.4 Å². The number of pyridine rings is 1. The fraction of sp³-hybridized carbons (Fsp3) is 0.294. The SMILES string of the molecule is CNC(=O)Oc1sc(CCc2c(-c3ccc(F)cn3)noc2C)nc1C. The van der Waals surface area contributed by atoms with Crippen molar-refractivity contribution in [2.45, 2.75) is 26.7 Å². The Hall–Kier alpha value is -2.81. The van der Waals surface area contributed by atoms with Crippen LogP contribution in [0.15, 0.2) is 22.9 Å². The van der Waals surface area contributed by atoms with Gasteiger partial charge in [-0.15, -0.1) is 0 Å². The highest BCUT2D eigenvalue weighted by Crippen LogP contribution is 2.30. The van der Waals surface area contributed by atoms with Gasteiger partial charge in [-0.1, -0.05) is 16.5 Å². The maximum atomic E-state index is 13.1. The van der Waals surface area contributed by atoms with Gasteiger partial charge >= 0.3 is 6.09 Å². The Morgan fingerprint density at radius 2 is 2.15 bits per heavy atom. The number of rotatable bonds is 5. The van der Waals surface area contributed by atoms with Crippen LogP contribution in [0.1, 0.15) is 22.0 Å². The first kappa shape index (κ1) is 18.0. The summed E-state index contributed by atoms with van der Waals surface area (Å²) in [7, 11) is 1.50. The van der Waals surface area contributed by atoms with Crippen LogP contribution in [-0.4, -0.2) is 28.3 Å². The van der Waals surface area contributed by atoms with E-state index in [9.17, 15) is 9.18 Å². The summed E-state index contributed by atoms with van der Waals surface area (Å²) in [4.78, 5) is 19.8. The average Bonchev–Trinajstić information content (AvgIpc) is 3.16. The number of aryl methyl sites for hydroxylation is 3. The number of nitrogens with one attached hydrogen (secondary N) is 1. The first-order valence-electron chi connectivity index (χ1n) is 7.91. The summed E-state index contributed by atoms with van der Waals surface area (Å²) in [5, 5.41) is 7.76. The largest absolute Gasteiger partial charge is 0.413 e. The Kier molecular flexibility index (Phi) is 5.27. The number of thiazole rings is 1. The zero-order valence-electron chi connectivity index (χ0n) is 14.5. The van der Waals surface area contributed by atoms with Crippen molar-refractivity contribution in [1.82, 2.24) is 20.4 Å². The minimum absolute atomic E-state index is 0.405. The van der Waals surface area contributed by atoms with Gasteiger partial charge in [0.1, 0.15) is 17.3 Å². The van der Waals surface area contributed by atoms with Crippen molar-refractivity contribution in [2.75, 3.05) is 7.05 Å². The second-order valence-electron chi connectivity index (χ2n) is 5.55. The molecular weight excluding hydrogens is 359 g/mol. The number of hydrogen-bond donors (Lipinski definition) is 1. The van der Waals surface area contributed by atoms with Crippen LogP contribution in [0.3, 0.4) is 0 Å². The highest BCUT2D eigenvalue weighted by Gasteiger charge is 2.18. The summed E-state index contributed by atoms with van der Waals surface area (Å²) in [5.41, 5.74) is 2.71. The molecule has 0 aliphatic rings. The summed E-state index contributed by atoms with van der Waals surface area (Å²) in [6.45, 7) is 3.61.